The summed E-state index contributed by atoms with van der Waals surface area (Å²) in [5, 5.41) is 2.93. The van der Waals surface area contributed by atoms with Crippen molar-refractivity contribution in [2.45, 2.75) is 19.3 Å². The Morgan fingerprint density at radius 2 is 1.50 bits per heavy atom. The zero-order chi connectivity index (χ0) is 14.5. The molecule has 1 fully saturated rings. The van der Waals surface area contributed by atoms with Crippen molar-refractivity contribution >= 4 is 29.7 Å². The van der Waals surface area contributed by atoms with Gasteiger partial charge in [0.25, 0.3) is 5.91 Å². The summed E-state index contributed by atoms with van der Waals surface area (Å²) >= 11 is 0. The van der Waals surface area contributed by atoms with Gasteiger partial charge in [-0.3, -0.25) is 4.79 Å². The van der Waals surface area contributed by atoms with E-state index in [1.807, 2.05) is 42.5 Å². The van der Waals surface area contributed by atoms with Crippen molar-refractivity contribution in [3.63, 3.8) is 0 Å². The molecule has 0 spiro atoms. The van der Waals surface area contributed by atoms with Crippen molar-refractivity contribution in [1.82, 2.24) is 0 Å². The molecule has 2 aromatic rings. The number of carbonyl (C=O) groups is 1. The second kappa shape index (κ2) is 7.85. The van der Waals surface area contributed by atoms with Gasteiger partial charge in [-0.05, 0) is 55.7 Å². The van der Waals surface area contributed by atoms with E-state index in [1.54, 1.807) is 0 Å². The van der Waals surface area contributed by atoms with Crippen LogP contribution in [0.2, 0.25) is 0 Å². The van der Waals surface area contributed by atoms with Gasteiger partial charge in [-0.25, -0.2) is 0 Å². The van der Waals surface area contributed by atoms with Gasteiger partial charge in [0.2, 0.25) is 0 Å². The van der Waals surface area contributed by atoms with Crippen LogP contribution in [0.1, 0.15) is 29.6 Å². The standard InChI is InChI=1S/C18H20N2O.ClH/c21-18(15-7-3-1-4-8-15)19-16-9-11-17(12-10-16)20-13-5-2-6-14-20;/h1,3-4,7-12H,2,5-6,13-14H2,(H,19,21);1H. The molecule has 1 heterocycles. The van der Waals surface area contributed by atoms with Crippen molar-refractivity contribution in [2.24, 2.45) is 0 Å². The molecule has 4 heteroatoms. The van der Waals surface area contributed by atoms with E-state index in [4.69, 9.17) is 0 Å². The first-order chi connectivity index (χ1) is 10.3. The SMILES string of the molecule is Cl.O=C(Nc1ccc(N2CCCCC2)cc1)c1ccccc1. The molecule has 0 aromatic heterocycles. The van der Waals surface area contributed by atoms with E-state index in [9.17, 15) is 4.79 Å². The summed E-state index contributed by atoms with van der Waals surface area (Å²) in [6, 6.07) is 17.4. The highest BCUT2D eigenvalue weighted by molar-refractivity contribution is 6.04. The van der Waals surface area contributed by atoms with Crippen LogP contribution in [0.5, 0.6) is 0 Å². The van der Waals surface area contributed by atoms with Crippen molar-refractivity contribution in [3.8, 4) is 0 Å². The Morgan fingerprint density at radius 1 is 0.864 bits per heavy atom. The number of nitrogens with zero attached hydrogens (tertiary/aromatic N) is 1. The smallest absolute Gasteiger partial charge is 0.255 e. The lowest BCUT2D eigenvalue weighted by Crippen LogP contribution is -2.29. The van der Waals surface area contributed by atoms with Crippen molar-refractivity contribution < 1.29 is 4.79 Å². The van der Waals surface area contributed by atoms with Gasteiger partial charge in [0.15, 0.2) is 0 Å². The normalized spacial score (nSPS) is 14.1. The predicted octanol–water partition coefficient (Wildman–Crippen LogP) is 4.35. The molecule has 0 aliphatic carbocycles. The molecule has 3 rings (SSSR count). The largest absolute Gasteiger partial charge is 0.372 e. The van der Waals surface area contributed by atoms with Gasteiger partial charge in [0.05, 0.1) is 0 Å². The molecule has 1 aliphatic heterocycles. The topological polar surface area (TPSA) is 32.3 Å². The number of benzene rings is 2. The van der Waals surface area contributed by atoms with Gasteiger partial charge in [-0.15, -0.1) is 12.4 Å². The van der Waals surface area contributed by atoms with E-state index in [1.165, 1.54) is 24.9 Å². The molecule has 1 amide bonds. The fourth-order valence-electron chi connectivity index (χ4n) is 2.70. The average molecular weight is 317 g/mol. The predicted molar refractivity (Wildman–Crippen MR) is 94.1 cm³/mol. The summed E-state index contributed by atoms with van der Waals surface area (Å²) in [4.78, 5) is 14.5. The van der Waals surface area contributed by atoms with Crippen molar-refractivity contribution in [3.05, 3.63) is 60.2 Å². The number of nitrogens with one attached hydrogen (secondary N) is 1. The first-order valence-corrected chi connectivity index (χ1v) is 7.54. The maximum atomic E-state index is 12.1. The fraction of sp³-hybridized carbons (Fsp3) is 0.278. The minimum absolute atomic E-state index is 0. The fourth-order valence-corrected chi connectivity index (χ4v) is 2.70. The second-order valence-electron chi connectivity index (χ2n) is 5.41. The van der Waals surface area contributed by atoms with Gasteiger partial charge >= 0.3 is 0 Å². The molecular weight excluding hydrogens is 296 g/mol. The monoisotopic (exact) mass is 316 g/mol. The maximum Gasteiger partial charge on any atom is 0.255 e. The van der Waals surface area contributed by atoms with Crippen LogP contribution in [-0.2, 0) is 0 Å². The van der Waals surface area contributed by atoms with Crippen LogP contribution in [0.3, 0.4) is 0 Å². The third-order valence-corrected chi connectivity index (χ3v) is 3.88. The van der Waals surface area contributed by atoms with E-state index in [0.29, 0.717) is 5.56 Å². The maximum absolute atomic E-state index is 12.1. The van der Waals surface area contributed by atoms with Crippen LogP contribution >= 0.6 is 12.4 Å². The summed E-state index contributed by atoms with van der Waals surface area (Å²) < 4.78 is 0. The molecule has 2 aromatic carbocycles. The van der Waals surface area contributed by atoms with Gasteiger partial charge in [0.1, 0.15) is 0 Å². The molecule has 3 nitrogen and oxygen atoms in total. The first kappa shape index (κ1) is 16.4. The third kappa shape index (κ3) is 4.01. The molecule has 1 saturated heterocycles. The number of rotatable bonds is 3. The molecule has 116 valence electrons. The van der Waals surface area contributed by atoms with Crippen LogP contribution in [0, 0.1) is 0 Å². The highest BCUT2D eigenvalue weighted by Crippen LogP contribution is 2.22. The van der Waals surface area contributed by atoms with E-state index < -0.39 is 0 Å². The van der Waals surface area contributed by atoms with Crippen LogP contribution in [0.4, 0.5) is 11.4 Å². The summed E-state index contributed by atoms with van der Waals surface area (Å²) in [5.41, 5.74) is 2.76. The molecular formula is C18H21ClN2O. The molecule has 0 saturated carbocycles. The molecule has 0 bridgehead atoms. The number of carbonyl (C=O) groups excluding carboxylic acids is 1. The number of anilines is 2. The van der Waals surface area contributed by atoms with Crippen LogP contribution < -0.4 is 10.2 Å². The van der Waals surface area contributed by atoms with E-state index in [-0.39, 0.29) is 18.3 Å². The number of hydrogen-bond acceptors (Lipinski definition) is 2. The second-order valence-corrected chi connectivity index (χ2v) is 5.41. The number of halogens is 1. The summed E-state index contributed by atoms with van der Waals surface area (Å²) in [6.45, 7) is 2.27. The van der Waals surface area contributed by atoms with Crippen molar-refractivity contribution in [2.75, 3.05) is 23.3 Å². The first-order valence-electron chi connectivity index (χ1n) is 7.54. The minimum Gasteiger partial charge on any atom is -0.372 e. The van der Waals surface area contributed by atoms with Gasteiger partial charge in [-0.1, -0.05) is 18.2 Å². The van der Waals surface area contributed by atoms with Gasteiger partial charge in [-0.2, -0.15) is 0 Å². The van der Waals surface area contributed by atoms with E-state index in [2.05, 4.69) is 22.3 Å². The van der Waals surface area contributed by atoms with E-state index >= 15 is 0 Å². The average Bonchev–Trinajstić information content (AvgIpc) is 2.57. The quantitative estimate of drug-likeness (QED) is 0.913. The van der Waals surface area contributed by atoms with Crippen LogP contribution in [0.15, 0.2) is 54.6 Å². The zero-order valence-corrected chi connectivity index (χ0v) is 13.3. The molecule has 0 atom stereocenters. The Hall–Kier alpha value is -2.00. The van der Waals surface area contributed by atoms with Gasteiger partial charge in [0, 0.05) is 30.0 Å². The molecule has 0 radical (unpaired) electrons. The highest BCUT2D eigenvalue weighted by Gasteiger charge is 2.11. The lowest BCUT2D eigenvalue weighted by Gasteiger charge is -2.28. The number of hydrogen-bond donors (Lipinski definition) is 1. The lowest BCUT2D eigenvalue weighted by molar-refractivity contribution is 0.102. The molecule has 0 unspecified atom stereocenters. The molecule has 22 heavy (non-hydrogen) atoms. The summed E-state index contributed by atoms with van der Waals surface area (Å²) in [7, 11) is 0. The molecule has 1 aliphatic rings. The van der Waals surface area contributed by atoms with E-state index in [0.717, 1.165) is 18.8 Å². The van der Waals surface area contributed by atoms with Crippen molar-refractivity contribution in [1.29, 1.82) is 0 Å². The highest BCUT2D eigenvalue weighted by atomic mass is 35.5. The number of amides is 1. The van der Waals surface area contributed by atoms with Gasteiger partial charge < -0.3 is 10.2 Å². The minimum atomic E-state index is -0.0682. The Balaban J connectivity index is 0.00000176. The Labute approximate surface area is 137 Å². The molecule has 1 N–H and O–H groups in total. The van der Waals surface area contributed by atoms with Crippen LogP contribution in [-0.4, -0.2) is 19.0 Å². The Kier molecular flexibility index (Phi) is 5.84. The third-order valence-electron chi connectivity index (χ3n) is 3.88. The Bertz CT molecular complexity index is 592. The Morgan fingerprint density at radius 3 is 2.14 bits per heavy atom. The summed E-state index contributed by atoms with van der Waals surface area (Å²) in [5.74, 6) is -0.0682. The number of piperidine rings is 1. The zero-order valence-electron chi connectivity index (χ0n) is 12.5. The van der Waals surface area contributed by atoms with Crippen LogP contribution in [0.25, 0.3) is 0 Å². The lowest BCUT2D eigenvalue weighted by atomic mass is 10.1. The summed E-state index contributed by atoms with van der Waals surface area (Å²) in [6.07, 6.45) is 3.88.